The molecule has 0 bridgehead atoms. The van der Waals surface area contributed by atoms with Crippen LogP contribution in [0.1, 0.15) is 45.4 Å². The Kier molecular flexibility index (Phi) is 6.24. The monoisotopic (exact) mass is 212 g/mol. The van der Waals surface area contributed by atoms with E-state index in [-0.39, 0.29) is 6.42 Å². The molecule has 0 fully saturated rings. The average Bonchev–Trinajstić information content (AvgIpc) is 2.02. The number of rotatable bonds is 7. The number of unbranched alkanes of at least 4 members (excludes halogenated alkanes) is 4. The summed E-state index contributed by atoms with van der Waals surface area (Å²) < 4.78 is 41.3. The van der Waals surface area contributed by atoms with Crippen LogP contribution in [0.2, 0.25) is 0 Å². The van der Waals surface area contributed by atoms with Crippen LogP contribution in [-0.2, 0) is 10.1 Å². The largest absolute Gasteiger partial charge is 0.297 e. The highest BCUT2D eigenvalue weighted by molar-refractivity contribution is 7.86. The quantitative estimate of drug-likeness (QED) is 0.521. The molecule has 0 aliphatic carbocycles. The van der Waals surface area contributed by atoms with Gasteiger partial charge in [0.25, 0.3) is 10.1 Å². The molecule has 0 heterocycles. The molecule has 0 aromatic carbocycles. The van der Waals surface area contributed by atoms with Gasteiger partial charge in [0.05, 0.1) is 0 Å². The molecule has 5 heteroatoms. The Balaban J connectivity index is 3.44. The molecule has 0 rings (SSSR count). The summed E-state index contributed by atoms with van der Waals surface area (Å²) in [6.45, 7) is 2.07. The molecule has 0 spiro atoms. The Bertz CT molecular complexity index is 213. The highest BCUT2D eigenvalue weighted by atomic mass is 32.2. The van der Waals surface area contributed by atoms with Gasteiger partial charge in [-0.25, -0.2) is 4.39 Å². The predicted octanol–water partition coefficient (Wildman–Crippen LogP) is 2.53. The third-order valence-corrected chi connectivity index (χ3v) is 2.74. The van der Waals surface area contributed by atoms with Crippen molar-refractivity contribution >= 4 is 10.1 Å². The van der Waals surface area contributed by atoms with Crippen molar-refractivity contribution in [2.45, 2.75) is 51.0 Å². The van der Waals surface area contributed by atoms with Gasteiger partial charge in [0, 0.05) is 0 Å². The van der Waals surface area contributed by atoms with E-state index in [2.05, 4.69) is 6.92 Å². The van der Waals surface area contributed by atoms with Crippen LogP contribution in [0.15, 0.2) is 0 Å². The van der Waals surface area contributed by atoms with E-state index in [0.29, 0.717) is 6.42 Å². The fourth-order valence-electron chi connectivity index (χ4n) is 1.06. The number of alkyl halides is 1. The van der Waals surface area contributed by atoms with Crippen molar-refractivity contribution in [1.82, 2.24) is 0 Å². The molecule has 0 radical (unpaired) electrons. The van der Waals surface area contributed by atoms with Crippen molar-refractivity contribution in [1.29, 1.82) is 0 Å². The van der Waals surface area contributed by atoms with Gasteiger partial charge < -0.3 is 0 Å². The molecule has 13 heavy (non-hydrogen) atoms. The number of hydrogen-bond acceptors (Lipinski definition) is 2. The summed E-state index contributed by atoms with van der Waals surface area (Å²) in [5, 5.41) is 0. The molecule has 0 amide bonds. The van der Waals surface area contributed by atoms with Gasteiger partial charge >= 0.3 is 0 Å². The molecule has 80 valence electrons. The maximum atomic E-state index is 12.6. The molecule has 3 nitrogen and oxygen atoms in total. The average molecular weight is 212 g/mol. The molecular weight excluding hydrogens is 195 g/mol. The third-order valence-electron chi connectivity index (χ3n) is 1.86. The van der Waals surface area contributed by atoms with Crippen molar-refractivity contribution in [3.63, 3.8) is 0 Å². The minimum atomic E-state index is -4.46. The molecule has 1 atom stereocenters. The Labute approximate surface area is 79.1 Å². The van der Waals surface area contributed by atoms with Gasteiger partial charge in [0.1, 0.15) is 0 Å². The first-order valence-corrected chi connectivity index (χ1v) is 6.09. The maximum Gasteiger partial charge on any atom is 0.297 e. The van der Waals surface area contributed by atoms with E-state index in [4.69, 9.17) is 4.55 Å². The normalized spacial score (nSPS) is 14.4. The summed E-state index contributed by atoms with van der Waals surface area (Å²) in [7, 11) is -4.46. The van der Waals surface area contributed by atoms with E-state index >= 15 is 0 Å². The smallest absolute Gasteiger partial charge is 0.283 e. The van der Waals surface area contributed by atoms with Crippen LogP contribution >= 0.6 is 0 Å². The molecule has 0 saturated carbocycles. The molecule has 0 saturated heterocycles. The van der Waals surface area contributed by atoms with E-state index in [1.807, 2.05) is 0 Å². The second-order valence-corrected chi connectivity index (χ2v) is 4.67. The van der Waals surface area contributed by atoms with Crippen LogP contribution < -0.4 is 0 Å². The first kappa shape index (κ1) is 12.8. The van der Waals surface area contributed by atoms with Crippen molar-refractivity contribution in [3.05, 3.63) is 0 Å². The lowest BCUT2D eigenvalue weighted by atomic mass is 10.1. The fraction of sp³-hybridized carbons (Fsp3) is 1.00. The van der Waals surface area contributed by atoms with Crippen molar-refractivity contribution < 1.29 is 17.4 Å². The minimum Gasteiger partial charge on any atom is -0.283 e. The highest BCUT2D eigenvalue weighted by Gasteiger charge is 2.20. The van der Waals surface area contributed by atoms with Crippen LogP contribution in [-0.4, -0.2) is 18.5 Å². The number of hydrogen-bond donors (Lipinski definition) is 1. The fourth-order valence-corrected chi connectivity index (χ4v) is 1.52. The molecule has 0 aromatic heterocycles. The number of halogens is 1. The van der Waals surface area contributed by atoms with Crippen LogP contribution in [0.5, 0.6) is 0 Å². The van der Waals surface area contributed by atoms with Gasteiger partial charge in [-0.2, -0.15) is 8.42 Å². The van der Waals surface area contributed by atoms with Gasteiger partial charge in [-0.05, 0) is 12.8 Å². The summed E-state index contributed by atoms with van der Waals surface area (Å²) in [6.07, 6.45) is 4.42. The zero-order valence-electron chi connectivity index (χ0n) is 7.87. The molecule has 0 aromatic rings. The van der Waals surface area contributed by atoms with E-state index in [9.17, 15) is 12.8 Å². The summed E-state index contributed by atoms with van der Waals surface area (Å²) >= 11 is 0. The highest BCUT2D eigenvalue weighted by Crippen LogP contribution is 2.12. The second kappa shape index (κ2) is 6.32. The van der Waals surface area contributed by atoms with E-state index < -0.39 is 15.6 Å². The molecule has 1 unspecified atom stereocenters. The Morgan fingerprint density at radius 3 is 2.23 bits per heavy atom. The molecular formula is C8H17FO3S. The predicted molar refractivity (Wildman–Crippen MR) is 49.8 cm³/mol. The van der Waals surface area contributed by atoms with Gasteiger partial charge in [0.15, 0.2) is 0 Å². The lowest BCUT2D eigenvalue weighted by Crippen LogP contribution is -2.14. The second-order valence-electron chi connectivity index (χ2n) is 3.13. The lowest BCUT2D eigenvalue weighted by Gasteiger charge is -2.03. The van der Waals surface area contributed by atoms with Crippen molar-refractivity contribution in [2.75, 3.05) is 0 Å². The summed E-state index contributed by atoms with van der Waals surface area (Å²) in [4.78, 5) is 0. The van der Waals surface area contributed by atoms with Crippen LogP contribution in [0.4, 0.5) is 4.39 Å². The summed E-state index contributed by atoms with van der Waals surface area (Å²) in [5.74, 6) is 0. The zero-order chi connectivity index (χ0) is 10.3. The van der Waals surface area contributed by atoms with Gasteiger partial charge in [0.2, 0.25) is 5.50 Å². The summed E-state index contributed by atoms with van der Waals surface area (Å²) in [5.41, 5.74) is -2.10. The van der Waals surface area contributed by atoms with E-state index in [1.54, 1.807) is 0 Å². The zero-order valence-corrected chi connectivity index (χ0v) is 8.69. The van der Waals surface area contributed by atoms with Gasteiger partial charge in [-0.1, -0.05) is 32.6 Å². The minimum absolute atomic E-state index is 0.0947. The first-order chi connectivity index (χ1) is 5.98. The SMILES string of the molecule is CCCCCCCC(F)S(=O)(=O)O. The molecule has 0 aliphatic heterocycles. The Hall–Kier alpha value is -0.160. The van der Waals surface area contributed by atoms with Gasteiger partial charge in [-0.3, -0.25) is 4.55 Å². The maximum absolute atomic E-state index is 12.6. The van der Waals surface area contributed by atoms with E-state index in [1.165, 1.54) is 0 Å². The Morgan fingerprint density at radius 2 is 1.77 bits per heavy atom. The standard InChI is InChI=1S/C8H17FO3S/c1-2-3-4-5-6-7-8(9)13(10,11)12/h8H,2-7H2,1H3,(H,10,11,12). The van der Waals surface area contributed by atoms with Crippen molar-refractivity contribution in [2.24, 2.45) is 0 Å². The summed E-state index contributed by atoms with van der Waals surface area (Å²) in [6, 6.07) is 0. The van der Waals surface area contributed by atoms with Crippen molar-refractivity contribution in [3.8, 4) is 0 Å². The Morgan fingerprint density at radius 1 is 1.23 bits per heavy atom. The molecule has 1 N–H and O–H groups in total. The lowest BCUT2D eigenvalue weighted by molar-refractivity contribution is 0.350. The van der Waals surface area contributed by atoms with Crippen LogP contribution in [0.3, 0.4) is 0 Å². The third kappa shape index (κ3) is 6.95. The van der Waals surface area contributed by atoms with Gasteiger partial charge in [-0.15, -0.1) is 0 Å². The van der Waals surface area contributed by atoms with Crippen LogP contribution in [0.25, 0.3) is 0 Å². The molecule has 0 aliphatic rings. The topological polar surface area (TPSA) is 54.4 Å². The van der Waals surface area contributed by atoms with E-state index in [0.717, 1.165) is 25.7 Å². The first-order valence-electron chi connectivity index (χ1n) is 4.59. The van der Waals surface area contributed by atoms with Crippen LogP contribution in [0, 0.1) is 0 Å².